The number of nitrogen functional groups attached to an aromatic ring is 1. The van der Waals surface area contributed by atoms with Crippen LogP contribution in [0.15, 0.2) is 53.5 Å². The maximum atomic E-state index is 5.82. The van der Waals surface area contributed by atoms with Gasteiger partial charge in [-0.15, -0.1) is 0 Å². The Morgan fingerprint density at radius 2 is 2.15 bits per heavy atom. The number of nitrogens with zero attached hydrogens (tertiary/aromatic N) is 3. The first-order valence-electron chi connectivity index (χ1n) is 6.12. The van der Waals surface area contributed by atoms with Crippen LogP contribution in [0.3, 0.4) is 0 Å². The maximum absolute atomic E-state index is 5.82. The highest BCUT2D eigenvalue weighted by Crippen LogP contribution is 2.21. The second kappa shape index (κ2) is 5.40. The molecule has 0 unspecified atom stereocenters. The lowest BCUT2D eigenvalue weighted by molar-refractivity contribution is 0.580. The number of hydrogen-bond donors (Lipinski definition) is 2. The SMILES string of the molecule is Nc1ncc(-c2ccco2)nc1NCc1cccnc1. The minimum atomic E-state index is 0.351. The predicted octanol–water partition coefficient (Wildman–Crippen LogP) is 2.33. The molecule has 20 heavy (non-hydrogen) atoms. The van der Waals surface area contributed by atoms with Crippen LogP contribution in [-0.4, -0.2) is 15.0 Å². The van der Waals surface area contributed by atoms with Gasteiger partial charge in [0.2, 0.25) is 0 Å². The van der Waals surface area contributed by atoms with E-state index in [-0.39, 0.29) is 0 Å². The van der Waals surface area contributed by atoms with Crippen molar-refractivity contribution in [2.45, 2.75) is 6.54 Å². The summed E-state index contributed by atoms with van der Waals surface area (Å²) < 4.78 is 5.30. The number of furan rings is 1. The number of aromatic nitrogens is 3. The molecule has 3 aromatic heterocycles. The summed E-state index contributed by atoms with van der Waals surface area (Å²) in [6.07, 6.45) is 6.70. The number of rotatable bonds is 4. The van der Waals surface area contributed by atoms with Gasteiger partial charge in [0.15, 0.2) is 17.4 Å². The van der Waals surface area contributed by atoms with Gasteiger partial charge in [0.05, 0.1) is 12.5 Å². The Kier molecular flexibility index (Phi) is 3.28. The number of anilines is 2. The van der Waals surface area contributed by atoms with Crippen molar-refractivity contribution in [3.05, 3.63) is 54.7 Å². The average Bonchev–Trinajstić information content (AvgIpc) is 3.02. The monoisotopic (exact) mass is 267 g/mol. The molecule has 6 heteroatoms. The molecule has 0 radical (unpaired) electrons. The molecule has 0 aromatic carbocycles. The molecule has 0 aliphatic heterocycles. The summed E-state index contributed by atoms with van der Waals surface area (Å²) in [5.74, 6) is 1.54. The van der Waals surface area contributed by atoms with Crippen molar-refractivity contribution < 1.29 is 4.42 Å². The number of pyridine rings is 1. The summed E-state index contributed by atoms with van der Waals surface area (Å²) in [7, 11) is 0. The van der Waals surface area contributed by atoms with E-state index in [9.17, 15) is 0 Å². The van der Waals surface area contributed by atoms with Gasteiger partial charge >= 0.3 is 0 Å². The summed E-state index contributed by atoms with van der Waals surface area (Å²) >= 11 is 0. The molecule has 0 bridgehead atoms. The van der Waals surface area contributed by atoms with Crippen molar-refractivity contribution in [1.29, 1.82) is 0 Å². The van der Waals surface area contributed by atoms with Crippen LogP contribution in [0.4, 0.5) is 11.6 Å². The minimum absolute atomic E-state index is 0.351. The standard InChI is InChI=1S/C14H13N5O/c15-13-14(18-8-10-3-1-5-16-7-10)19-11(9-17-13)12-4-2-6-20-12/h1-7,9H,8H2,(H2,15,17)(H,18,19). The van der Waals surface area contributed by atoms with E-state index < -0.39 is 0 Å². The van der Waals surface area contributed by atoms with E-state index in [4.69, 9.17) is 10.2 Å². The average molecular weight is 267 g/mol. The van der Waals surface area contributed by atoms with Crippen molar-refractivity contribution in [2.24, 2.45) is 0 Å². The maximum Gasteiger partial charge on any atom is 0.169 e. The first-order chi connectivity index (χ1) is 9.83. The van der Waals surface area contributed by atoms with E-state index in [1.54, 1.807) is 30.9 Å². The van der Waals surface area contributed by atoms with Gasteiger partial charge in [-0.25, -0.2) is 9.97 Å². The normalized spacial score (nSPS) is 10.4. The van der Waals surface area contributed by atoms with E-state index in [2.05, 4.69) is 20.3 Å². The Morgan fingerprint density at radius 1 is 1.20 bits per heavy atom. The molecule has 0 amide bonds. The molecule has 0 spiro atoms. The van der Waals surface area contributed by atoms with Crippen molar-refractivity contribution in [3.63, 3.8) is 0 Å². The Hall–Kier alpha value is -2.89. The molecule has 0 fully saturated rings. The molecule has 0 saturated carbocycles. The fraction of sp³-hybridized carbons (Fsp3) is 0.0714. The molecule has 3 heterocycles. The molecule has 0 saturated heterocycles. The van der Waals surface area contributed by atoms with Gasteiger partial charge in [-0.1, -0.05) is 6.07 Å². The largest absolute Gasteiger partial charge is 0.463 e. The van der Waals surface area contributed by atoms with Crippen molar-refractivity contribution in [1.82, 2.24) is 15.0 Å². The highest BCUT2D eigenvalue weighted by atomic mass is 16.3. The summed E-state index contributed by atoms with van der Waals surface area (Å²) in [6, 6.07) is 7.48. The highest BCUT2D eigenvalue weighted by molar-refractivity contribution is 5.62. The predicted molar refractivity (Wildman–Crippen MR) is 75.7 cm³/mol. The van der Waals surface area contributed by atoms with Crippen molar-refractivity contribution in [2.75, 3.05) is 11.1 Å². The van der Waals surface area contributed by atoms with Crippen LogP contribution in [0.5, 0.6) is 0 Å². The van der Waals surface area contributed by atoms with Gasteiger partial charge in [0.25, 0.3) is 0 Å². The number of nitrogens with two attached hydrogens (primary N) is 1. The quantitative estimate of drug-likeness (QED) is 0.754. The minimum Gasteiger partial charge on any atom is -0.463 e. The molecule has 3 aromatic rings. The fourth-order valence-corrected chi connectivity index (χ4v) is 1.76. The molecule has 100 valence electrons. The molecule has 0 aliphatic carbocycles. The van der Waals surface area contributed by atoms with E-state index >= 15 is 0 Å². The van der Waals surface area contributed by atoms with Gasteiger partial charge in [-0.05, 0) is 23.8 Å². The molecule has 0 atom stereocenters. The zero-order valence-electron chi connectivity index (χ0n) is 10.7. The smallest absolute Gasteiger partial charge is 0.169 e. The lowest BCUT2D eigenvalue weighted by Gasteiger charge is -2.08. The van der Waals surface area contributed by atoms with Crippen LogP contribution >= 0.6 is 0 Å². The Labute approximate surface area is 115 Å². The lowest BCUT2D eigenvalue weighted by Crippen LogP contribution is -2.06. The summed E-state index contributed by atoms with van der Waals surface area (Å²) in [5.41, 5.74) is 7.50. The van der Waals surface area contributed by atoms with E-state index in [0.717, 1.165) is 5.56 Å². The second-order valence-corrected chi connectivity index (χ2v) is 4.18. The Morgan fingerprint density at radius 3 is 2.90 bits per heavy atom. The molecular weight excluding hydrogens is 254 g/mol. The van der Waals surface area contributed by atoms with Crippen molar-refractivity contribution >= 4 is 11.6 Å². The van der Waals surface area contributed by atoms with Gasteiger partial charge in [-0.2, -0.15) is 0 Å². The summed E-state index contributed by atoms with van der Waals surface area (Å²) in [5, 5.41) is 3.15. The molecule has 3 N–H and O–H groups in total. The zero-order chi connectivity index (χ0) is 13.8. The van der Waals surface area contributed by atoms with E-state index in [1.165, 1.54) is 0 Å². The zero-order valence-corrected chi connectivity index (χ0v) is 10.7. The summed E-state index contributed by atoms with van der Waals surface area (Å²) in [6.45, 7) is 0.578. The van der Waals surface area contributed by atoms with Crippen LogP contribution < -0.4 is 11.1 Å². The molecular formula is C14H13N5O. The van der Waals surface area contributed by atoms with Gasteiger partial charge in [0, 0.05) is 18.9 Å². The lowest BCUT2D eigenvalue weighted by atomic mass is 10.3. The second-order valence-electron chi connectivity index (χ2n) is 4.18. The van der Waals surface area contributed by atoms with Crippen molar-refractivity contribution in [3.8, 4) is 11.5 Å². The molecule has 3 rings (SSSR count). The summed E-state index contributed by atoms with van der Waals surface area (Å²) in [4.78, 5) is 12.6. The van der Waals surface area contributed by atoms with Crippen LogP contribution in [0, 0.1) is 0 Å². The fourth-order valence-electron chi connectivity index (χ4n) is 1.76. The van der Waals surface area contributed by atoms with Gasteiger partial charge in [-0.3, -0.25) is 4.98 Å². The topological polar surface area (TPSA) is 89.9 Å². The third-order valence-corrected chi connectivity index (χ3v) is 2.76. The third kappa shape index (κ3) is 2.59. The van der Waals surface area contributed by atoms with Crippen LogP contribution in [0.1, 0.15) is 5.56 Å². The first kappa shape index (κ1) is 12.2. The first-order valence-corrected chi connectivity index (χ1v) is 6.12. The van der Waals surface area contributed by atoms with Gasteiger partial charge < -0.3 is 15.5 Å². The van der Waals surface area contributed by atoms with Gasteiger partial charge in [0.1, 0.15) is 5.69 Å². The highest BCUT2D eigenvalue weighted by Gasteiger charge is 2.08. The van der Waals surface area contributed by atoms with Crippen LogP contribution in [0.25, 0.3) is 11.5 Å². The number of hydrogen-bond acceptors (Lipinski definition) is 6. The number of nitrogens with one attached hydrogen (secondary N) is 1. The Balaban J connectivity index is 1.80. The molecule has 6 nitrogen and oxygen atoms in total. The third-order valence-electron chi connectivity index (χ3n) is 2.76. The van der Waals surface area contributed by atoms with E-state index in [1.807, 2.05) is 18.2 Å². The van der Waals surface area contributed by atoms with Crippen LogP contribution in [0.2, 0.25) is 0 Å². The molecule has 0 aliphatic rings. The Bertz CT molecular complexity index is 682. The van der Waals surface area contributed by atoms with Crippen LogP contribution in [-0.2, 0) is 6.54 Å². The van der Waals surface area contributed by atoms with E-state index in [0.29, 0.717) is 29.6 Å².